The van der Waals surface area contributed by atoms with Crippen LogP contribution in [0.2, 0.25) is 0 Å². The summed E-state index contributed by atoms with van der Waals surface area (Å²) in [5, 5.41) is 24.2. The molecule has 1 amide bonds. The molecule has 7 nitrogen and oxygen atoms in total. The van der Waals surface area contributed by atoms with Gasteiger partial charge in [-0.15, -0.1) is 0 Å². The van der Waals surface area contributed by atoms with Crippen molar-refractivity contribution in [2.75, 3.05) is 0 Å². The summed E-state index contributed by atoms with van der Waals surface area (Å²) >= 11 is 0. The molecule has 7 heteroatoms. The molecule has 0 spiro atoms. The van der Waals surface area contributed by atoms with Gasteiger partial charge in [0.1, 0.15) is 5.75 Å². The molecule has 0 saturated heterocycles. The number of non-ortho nitro benzene ring substituents is 1. The summed E-state index contributed by atoms with van der Waals surface area (Å²) in [4.78, 5) is 22.2. The van der Waals surface area contributed by atoms with E-state index >= 15 is 0 Å². The van der Waals surface area contributed by atoms with Gasteiger partial charge >= 0.3 is 0 Å². The highest BCUT2D eigenvalue weighted by Gasteiger charge is 2.14. The van der Waals surface area contributed by atoms with Gasteiger partial charge in [0.15, 0.2) is 0 Å². The molecule has 0 bridgehead atoms. The van der Waals surface area contributed by atoms with Crippen molar-refractivity contribution in [2.24, 2.45) is 5.10 Å². The number of hydrogen-bond acceptors (Lipinski definition) is 5. The van der Waals surface area contributed by atoms with E-state index in [1.165, 1.54) is 18.2 Å². The first-order chi connectivity index (χ1) is 11.7. The monoisotopic (exact) mass is 341 g/mol. The standard InChI is InChI=1S/C18H19N3O4/c1-18(2,3)14-6-4-12(5-7-14)17(23)20-19-11-13-10-15(21(24)25)8-9-16(13)22/h4-11,22H,1-3H3,(H,20,23)/b19-11-. The number of amides is 1. The number of carbonyl (C=O) groups is 1. The molecule has 0 aliphatic carbocycles. The lowest BCUT2D eigenvalue weighted by Crippen LogP contribution is -2.18. The molecule has 0 fully saturated rings. The van der Waals surface area contributed by atoms with Crippen LogP contribution in [0.1, 0.15) is 42.3 Å². The van der Waals surface area contributed by atoms with Crippen LogP contribution in [-0.2, 0) is 5.41 Å². The first-order valence-corrected chi connectivity index (χ1v) is 7.60. The summed E-state index contributed by atoms with van der Waals surface area (Å²) in [5.74, 6) is -0.584. The second kappa shape index (κ2) is 7.12. The number of aromatic hydroxyl groups is 1. The number of hydrogen-bond donors (Lipinski definition) is 2. The number of phenols is 1. The summed E-state index contributed by atoms with van der Waals surface area (Å²) in [7, 11) is 0. The minimum Gasteiger partial charge on any atom is -0.507 e. The minimum absolute atomic E-state index is 0.00723. The van der Waals surface area contributed by atoms with E-state index in [2.05, 4.69) is 31.3 Å². The van der Waals surface area contributed by atoms with E-state index in [0.717, 1.165) is 11.8 Å². The van der Waals surface area contributed by atoms with Gasteiger partial charge in [0.05, 0.1) is 11.1 Å². The average molecular weight is 341 g/mol. The SMILES string of the molecule is CC(C)(C)c1ccc(C(=O)N/N=C\c2cc([N+](=O)[O-])ccc2O)cc1. The molecule has 0 saturated carbocycles. The van der Waals surface area contributed by atoms with Crippen LogP contribution in [0.4, 0.5) is 5.69 Å². The first kappa shape index (κ1) is 18.1. The second-order valence-corrected chi connectivity index (χ2v) is 6.53. The average Bonchev–Trinajstić information content (AvgIpc) is 2.55. The van der Waals surface area contributed by atoms with Crippen molar-refractivity contribution in [3.05, 3.63) is 69.3 Å². The quantitative estimate of drug-likeness (QED) is 0.505. The maximum atomic E-state index is 12.1. The zero-order valence-electron chi connectivity index (χ0n) is 14.2. The van der Waals surface area contributed by atoms with Crippen molar-refractivity contribution >= 4 is 17.8 Å². The molecule has 2 rings (SSSR count). The van der Waals surface area contributed by atoms with Gasteiger partial charge in [-0.25, -0.2) is 5.43 Å². The van der Waals surface area contributed by atoms with Crippen molar-refractivity contribution < 1.29 is 14.8 Å². The third kappa shape index (κ3) is 4.63. The third-order valence-corrected chi connectivity index (χ3v) is 3.60. The molecular weight excluding hydrogens is 322 g/mol. The fraction of sp³-hybridized carbons (Fsp3) is 0.222. The van der Waals surface area contributed by atoms with E-state index < -0.39 is 10.8 Å². The van der Waals surface area contributed by atoms with Crippen LogP contribution >= 0.6 is 0 Å². The predicted molar refractivity (Wildman–Crippen MR) is 95.0 cm³/mol. The number of carbonyl (C=O) groups excluding carboxylic acids is 1. The number of nitro benzene ring substituents is 1. The van der Waals surface area contributed by atoms with Gasteiger partial charge in [-0.2, -0.15) is 5.10 Å². The number of rotatable bonds is 4. The molecule has 2 N–H and O–H groups in total. The predicted octanol–water partition coefficient (Wildman–Crippen LogP) is 3.36. The van der Waals surface area contributed by atoms with Gasteiger partial charge in [0.25, 0.3) is 11.6 Å². The fourth-order valence-electron chi connectivity index (χ4n) is 2.11. The minimum atomic E-state index is -0.577. The van der Waals surface area contributed by atoms with E-state index in [9.17, 15) is 20.0 Å². The van der Waals surface area contributed by atoms with Crippen LogP contribution in [0.25, 0.3) is 0 Å². The maximum absolute atomic E-state index is 12.1. The molecular formula is C18H19N3O4. The lowest BCUT2D eigenvalue weighted by molar-refractivity contribution is -0.384. The van der Waals surface area contributed by atoms with Gasteiger partial charge < -0.3 is 5.11 Å². The van der Waals surface area contributed by atoms with Crippen molar-refractivity contribution in [2.45, 2.75) is 26.2 Å². The Hall–Kier alpha value is -3.22. The van der Waals surface area contributed by atoms with Gasteiger partial charge in [-0.3, -0.25) is 14.9 Å². The van der Waals surface area contributed by atoms with E-state index in [0.29, 0.717) is 5.56 Å². The Labute approximate surface area is 145 Å². The largest absolute Gasteiger partial charge is 0.507 e. The third-order valence-electron chi connectivity index (χ3n) is 3.60. The molecule has 2 aromatic rings. The number of hydrazone groups is 1. The van der Waals surface area contributed by atoms with E-state index in [-0.39, 0.29) is 22.4 Å². The molecule has 0 atom stereocenters. The Morgan fingerprint density at radius 2 is 1.84 bits per heavy atom. The number of phenolic OH excluding ortho intramolecular Hbond substituents is 1. The fourth-order valence-corrected chi connectivity index (χ4v) is 2.11. The van der Waals surface area contributed by atoms with Crippen LogP contribution in [0.15, 0.2) is 47.6 Å². The molecule has 0 radical (unpaired) electrons. The summed E-state index contributed by atoms with van der Waals surface area (Å²) in [6, 6.07) is 10.7. The van der Waals surface area contributed by atoms with Gasteiger partial charge in [0, 0.05) is 23.3 Å². The summed E-state index contributed by atoms with van der Waals surface area (Å²) < 4.78 is 0. The highest BCUT2D eigenvalue weighted by molar-refractivity contribution is 5.95. The zero-order valence-corrected chi connectivity index (χ0v) is 14.2. The molecule has 0 aliphatic heterocycles. The van der Waals surface area contributed by atoms with Crippen LogP contribution in [0.3, 0.4) is 0 Å². The number of nitro groups is 1. The normalized spacial score (nSPS) is 11.5. The van der Waals surface area contributed by atoms with Gasteiger partial charge in [-0.1, -0.05) is 32.9 Å². The molecule has 130 valence electrons. The summed E-state index contributed by atoms with van der Waals surface area (Å²) in [5.41, 5.74) is 3.83. The topological polar surface area (TPSA) is 105 Å². The first-order valence-electron chi connectivity index (χ1n) is 7.60. The lowest BCUT2D eigenvalue weighted by Gasteiger charge is -2.18. The number of nitrogens with zero attached hydrogens (tertiary/aromatic N) is 2. The Kier molecular flexibility index (Phi) is 5.17. The number of benzene rings is 2. The molecule has 25 heavy (non-hydrogen) atoms. The highest BCUT2D eigenvalue weighted by Crippen LogP contribution is 2.22. The van der Waals surface area contributed by atoms with E-state index in [1.807, 2.05) is 12.1 Å². The molecule has 0 aromatic heterocycles. The van der Waals surface area contributed by atoms with Crippen LogP contribution in [-0.4, -0.2) is 22.2 Å². The zero-order chi connectivity index (χ0) is 18.6. The Morgan fingerprint density at radius 3 is 2.40 bits per heavy atom. The van der Waals surface area contributed by atoms with Gasteiger partial charge in [0.2, 0.25) is 0 Å². The second-order valence-electron chi connectivity index (χ2n) is 6.53. The maximum Gasteiger partial charge on any atom is 0.271 e. The van der Waals surface area contributed by atoms with Crippen molar-refractivity contribution in [1.82, 2.24) is 5.43 Å². The Bertz CT molecular complexity index is 821. The Balaban J connectivity index is 2.08. The lowest BCUT2D eigenvalue weighted by atomic mass is 9.87. The van der Waals surface area contributed by atoms with Crippen molar-refractivity contribution in [1.29, 1.82) is 0 Å². The summed E-state index contributed by atoms with van der Waals surface area (Å²) in [6.45, 7) is 6.24. The molecule has 2 aromatic carbocycles. The molecule has 0 aliphatic rings. The van der Waals surface area contributed by atoms with Crippen LogP contribution < -0.4 is 5.43 Å². The summed E-state index contributed by atoms with van der Waals surface area (Å²) in [6.07, 6.45) is 1.16. The van der Waals surface area contributed by atoms with Crippen LogP contribution in [0, 0.1) is 10.1 Å². The molecule has 0 heterocycles. The van der Waals surface area contributed by atoms with Gasteiger partial charge in [-0.05, 0) is 29.2 Å². The van der Waals surface area contributed by atoms with E-state index in [4.69, 9.17) is 0 Å². The number of nitrogens with one attached hydrogen (secondary N) is 1. The van der Waals surface area contributed by atoms with Crippen LogP contribution in [0.5, 0.6) is 5.75 Å². The molecule has 0 unspecified atom stereocenters. The van der Waals surface area contributed by atoms with Crippen molar-refractivity contribution in [3.8, 4) is 5.75 Å². The highest BCUT2D eigenvalue weighted by atomic mass is 16.6. The van der Waals surface area contributed by atoms with E-state index in [1.54, 1.807) is 12.1 Å². The smallest absolute Gasteiger partial charge is 0.271 e. The van der Waals surface area contributed by atoms with Crippen molar-refractivity contribution in [3.63, 3.8) is 0 Å². The Morgan fingerprint density at radius 1 is 1.20 bits per heavy atom.